The van der Waals surface area contributed by atoms with Gasteiger partial charge in [-0.15, -0.1) is 11.8 Å². The van der Waals surface area contributed by atoms with Crippen molar-refractivity contribution in [1.82, 2.24) is 4.90 Å². The molecule has 22 heavy (non-hydrogen) atoms. The van der Waals surface area contributed by atoms with Crippen LogP contribution in [0.3, 0.4) is 0 Å². The van der Waals surface area contributed by atoms with Crippen molar-refractivity contribution in [2.75, 3.05) is 12.8 Å². The van der Waals surface area contributed by atoms with Crippen LogP contribution in [-0.4, -0.2) is 40.7 Å². The minimum absolute atomic E-state index is 0.194. The van der Waals surface area contributed by atoms with Gasteiger partial charge in [0.1, 0.15) is 0 Å². The van der Waals surface area contributed by atoms with Crippen molar-refractivity contribution in [2.24, 2.45) is 0 Å². The van der Waals surface area contributed by atoms with Crippen molar-refractivity contribution in [3.05, 3.63) is 35.4 Å². The summed E-state index contributed by atoms with van der Waals surface area (Å²) in [6, 6.07) is 7.25. The number of rotatable bonds is 6. The molecular weight excluding hydrogens is 298 g/mol. The summed E-state index contributed by atoms with van der Waals surface area (Å²) < 4.78 is 0. The van der Waals surface area contributed by atoms with E-state index in [4.69, 9.17) is 5.11 Å². The summed E-state index contributed by atoms with van der Waals surface area (Å²) in [4.78, 5) is 24.9. The van der Waals surface area contributed by atoms with Gasteiger partial charge in [0, 0.05) is 18.8 Å². The SMILES string of the molecule is CN(C(=O)CSCc1ccc(C(=O)O)cc1)C1CCCCC1. The van der Waals surface area contributed by atoms with E-state index in [1.807, 2.05) is 24.1 Å². The van der Waals surface area contributed by atoms with Gasteiger partial charge >= 0.3 is 5.97 Å². The van der Waals surface area contributed by atoms with E-state index in [0.717, 1.165) is 24.2 Å². The molecule has 0 unspecified atom stereocenters. The fourth-order valence-corrected chi connectivity index (χ4v) is 3.68. The van der Waals surface area contributed by atoms with E-state index in [-0.39, 0.29) is 5.91 Å². The highest BCUT2D eigenvalue weighted by Crippen LogP contribution is 2.22. The van der Waals surface area contributed by atoms with Crippen LogP contribution in [0, 0.1) is 0 Å². The monoisotopic (exact) mass is 321 g/mol. The Labute approximate surface area is 135 Å². The van der Waals surface area contributed by atoms with Gasteiger partial charge in [0.2, 0.25) is 5.91 Å². The molecule has 1 saturated carbocycles. The lowest BCUT2D eigenvalue weighted by atomic mass is 9.94. The zero-order valence-electron chi connectivity index (χ0n) is 13.0. The van der Waals surface area contributed by atoms with Crippen molar-refractivity contribution in [3.8, 4) is 0 Å². The second-order valence-corrected chi connectivity index (χ2v) is 6.78. The zero-order valence-corrected chi connectivity index (χ0v) is 13.8. The third-order valence-electron chi connectivity index (χ3n) is 4.21. The molecule has 0 saturated heterocycles. The number of benzene rings is 1. The number of carboxylic acid groups (broad SMARTS) is 1. The number of hydrogen-bond acceptors (Lipinski definition) is 3. The molecule has 4 nitrogen and oxygen atoms in total. The maximum atomic E-state index is 12.2. The van der Waals surface area contributed by atoms with Gasteiger partial charge in [0.25, 0.3) is 0 Å². The van der Waals surface area contributed by atoms with E-state index in [9.17, 15) is 9.59 Å². The second-order valence-electron chi connectivity index (χ2n) is 5.79. The fourth-order valence-electron chi connectivity index (χ4n) is 2.77. The molecule has 0 heterocycles. The number of amides is 1. The molecule has 0 atom stereocenters. The molecule has 2 rings (SSSR count). The van der Waals surface area contributed by atoms with Crippen LogP contribution in [0.5, 0.6) is 0 Å². The summed E-state index contributed by atoms with van der Waals surface area (Å²) in [5.41, 5.74) is 1.34. The molecule has 5 heteroatoms. The number of thioether (sulfide) groups is 1. The largest absolute Gasteiger partial charge is 0.478 e. The molecule has 0 spiro atoms. The molecule has 120 valence electrons. The topological polar surface area (TPSA) is 57.6 Å². The Morgan fingerprint density at radius 3 is 2.41 bits per heavy atom. The molecule has 1 amide bonds. The number of carbonyl (C=O) groups excluding carboxylic acids is 1. The molecule has 0 aliphatic heterocycles. The third-order valence-corrected chi connectivity index (χ3v) is 5.20. The summed E-state index contributed by atoms with van der Waals surface area (Å²) in [5, 5.41) is 8.85. The Morgan fingerprint density at radius 2 is 1.82 bits per heavy atom. The Bertz CT molecular complexity index is 509. The molecule has 1 aliphatic carbocycles. The van der Waals surface area contributed by atoms with Gasteiger partial charge in [-0.05, 0) is 30.5 Å². The first kappa shape index (κ1) is 16.9. The first-order valence-electron chi connectivity index (χ1n) is 7.73. The van der Waals surface area contributed by atoms with Crippen LogP contribution in [0.2, 0.25) is 0 Å². The molecule has 0 bridgehead atoms. The average Bonchev–Trinajstić information content (AvgIpc) is 2.55. The van der Waals surface area contributed by atoms with Crippen LogP contribution in [0.4, 0.5) is 0 Å². The zero-order chi connectivity index (χ0) is 15.9. The van der Waals surface area contributed by atoms with Crippen molar-refractivity contribution in [3.63, 3.8) is 0 Å². The van der Waals surface area contributed by atoms with Gasteiger partial charge in [0.15, 0.2) is 0 Å². The van der Waals surface area contributed by atoms with Crippen molar-refractivity contribution in [2.45, 2.75) is 43.9 Å². The average molecular weight is 321 g/mol. The van der Waals surface area contributed by atoms with Gasteiger partial charge in [-0.25, -0.2) is 4.79 Å². The Hall–Kier alpha value is -1.49. The predicted molar refractivity (Wildman–Crippen MR) is 89.2 cm³/mol. The van der Waals surface area contributed by atoms with Crippen LogP contribution in [0.25, 0.3) is 0 Å². The number of aromatic carboxylic acids is 1. The predicted octanol–water partition coefficient (Wildman–Crippen LogP) is 3.41. The maximum absolute atomic E-state index is 12.2. The lowest BCUT2D eigenvalue weighted by Gasteiger charge is -2.31. The minimum atomic E-state index is -0.913. The molecular formula is C17H23NO3S. The summed E-state index contributed by atoms with van der Waals surface area (Å²) in [6.45, 7) is 0. The Balaban J connectivity index is 1.75. The molecule has 1 aromatic carbocycles. The van der Waals surface area contributed by atoms with E-state index >= 15 is 0 Å². The van der Waals surface area contributed by atoms with Gasteiger partial charge in [-0.2, -0.15) is 0 Å². The van der Waals surface area contributed by atoms with Crippen LogP contribution in [-0.2, 0) is 10.5 Å². The molecule has 1 N–H and O–H groups in total. The smallest absolute Gasteiger partial charge is 0.335 e. The van der Waals surface area contributed by atoms with Crippen molar-refractivity contribution in [1.29, 1.82) is 0 Å². The molecule has 0 radical (unpaired) electrons. The van der Waals surface area contributed by atoms with E-state index < -0.39 is 5.97 Å². The van der Waals surface area contributed by atoms with Gasteiger partial charge in [-0.1, -0.05) is 31.4 Å². The van der Waals surface area contributed by atoms with E-state index in [2.05, 4.69) is 0 Å². The molecule has 1 fully saturated rings. The lowest BCUT2D eigenvalue weighted by molar-refractivity contribution is -0.129. The van der Waals surface area contributed by atoms with Gasteiger partial charge in [0.05, 0.1) is 11.3 Å². The van der Waals surface area contributed by atoms with Gasteiger partial charge in [-0.3, -0.25) is 4.79 Å². The molecule has 0 aromatic heterocycles. The van der Waals surface area contributed by atoms with Crippen molar-refractivity contribution >= 4 is 23.6 Å². The first-order valence-corrected chi connectivity index (χ1v) is 8.89. The van der Waals surface area contributed by atoms with E-state index in [1.165, 1.54) is 19.3 Å². The third kappa shape index (κ3) is 4.77. The minimum Gasteiger partial charge on any atom is -0.478 e. The van der Waals surface area contributed by atoms with E-state index in [1.54, 1.807) is 23.9 Å². The summed E-state index contributed by atoms with van der Waals surface area (Å²) in [5.74, 6) is 0.486. The summed E-state index contributed by atoms with van der Waals surface area (Å²) in [6.07, 6.45) is 6.00. The number of carboxylic acids is 1. The second kappa shape index (κ2) is 8.22. The highest BCUT2D eigenvalue weighted by molar-refractivity contribution is 7.99. The molecule has 1 aromatic rings. The summed E-state index contributed by atoms with van der Waals surface area (Å²) >= 11 is 1.58. The number of nitrogens with zero attached hydrogens (tertiary/aromatic N) is 1. The fraction of sp³-hybridized carbons (Fsp3) is 0.529. The molecule has 1 aliphatic rings. The lowest BCUT2D eigenvalue weighted by Crippen LogP contribution is -2.39. The summed E-state index contributed by atoms with van der Waals surface area (Å²) in [7, 11) is 1.92. The van der Waals surface area contributed by atoms with Crippen LogP contribution in [0.15, 0.2) is 24.3 Å². The number of hydrogen-bond donors (Lipinski definition) is 1. The number of carbonyl (C=O) groups is 2. The van der Waals surface area contributed by atoms with Crippen LogP contribution < -0.4 is 0 Å². The Morgan fingerprint density at radius 1 is 1.18 bits per heavy atom. The van der Waals surface area contributed by atoms with E-state index in [0.29, 0.717) is 17.4 Å². The maximum Gasteiger partial charge on any atom is 0.335 e. The highest BCUT2D eigenvalue weighted by atomic mass is 32.2. The first-order chi connectivity index (χ1) is 10.6. The normalized spacial score (nSPS) is 15.5. The quantitative estimate of drug-likeness (QED) is 0.872. The van der Waals surface area contributed by atoms with Crippen LogP contribution in [0.1, 0.15) is 48.0 Å². The highest BCUT2D eigenvalue weighted by Gasteiger charge is 2.21. The Kier molecular flexibility index (Phi) is 6.31. The standard InChI is InChI=1S/C17H23NO3S/c1-18(15-5-3-2-4-6-15)16(19)12-22-11-13-7-9-14(10-8-13)17(20)21/h7-10,15H,2-6,11-12H2,1H3,(H,20,21). The van der Waals surface area contributed by atoms with Crippen LogP contribution >= 0.6 is 11.8 Å². The van der Waals surface area contributed by atoms with Gasteiger partial charge < -0.3 is 10.0 Å². The van der Waals surface area contributed by atoms with Crippen molar-refractivity contribution < 1.29 is 14.7 Å².